The summed E-state index contributed by atoms with van der Waals surface area (Å²) in [5.74, 6) is -0.0998. The highest BCUT2D eigenvalue weighted by Gasteiger charge is 2.44. The molecule has 1 amide bonds. The molecule has 0 bridgehead atoms. The summed E-state index contributed by atoms with van der Waals surface area (Å²) in [5.41, 5.74) is 3.92. The Morgan fingerprint density at radius 1 is 1.33 bits per heavy atom. The maximum atomic E-state index is 12.1. The zero-order chi connectivity index (χ0) is 14.4. The molecule has 2 aliphatic carbocycles. The Bertz CT molecular complexity index is 778. The van der Waals surface area contributed by atoms with Crippen molar-refractivity contribution >= 4 is 16.9 Å². The molecule has 1 heterocycles. The van der Waals surface area contributed by atoms with Crippen LogP contribution in [0.25, 0.3) is 11.0 Å². The van der Waals surface area contributed by atoms with Crippen molar-refractivity contribution in [2.45, 2.75) is 44.1 Å². The first-order chi connectivity index (χ1) is 10.2. The van der Waals surface area contributed by atoms with Gasteiger partial charge in [-0.3, -0.25) is 4.79 Å². The van der Waals surface area contributed by atoms with Crippen LogP contribution in [-0.2, 0) is 24.1 Å². The second kappa shape index (κ2) is 4.36. The Hall–Kier alpha value is -2.28. The molecule has 4 rings (SSSR count). The molecule has 1 aromatic heterocycles. The number of hydrogen-bond donors (Lipinski definition) is 1. The number of nitriles is 1. The van der Waals surface area contributed by atoms with E-state index in [1.165, 1.54) is 17.5 Å². The van der Waals surface area contributed by atoms with Crippen LogP contribution in [0.5, 0.6) is 0 Å². The first kappa shape index (κ1) is 12.5. The predicted octanol–water partition coefficient (Wildman–Crippen LogP) is 2.64. The Morgan fingerprint density at radius 3 is 2.81 bits per heavy atom. The Kier molecular flexibility index (Phi) is 2.58. The maximum absolute atomic E-state index is 12.1. The summed E-state index contributed by atoms with van der Waals surface area (Å²) < 4.78 is 5.60. The van der Waals surface area contributed by atoms with Crippen molar-refractivity contribution in [2.24, 2.45) is 0 Å². The summed E-state index contributed by atoms with van der Waals surface area (Å²) >= 11 is 0. The molecule has 2 aliphatic rings. The van der Waals surface area contributed by atoms with E-state index in [9.17, 15) is 4.79 Å². The van der Waals surface area contributed by atoms with Crippen LogP contribution in [-0.4, -0.2) is 11.4 Å². The van der Waals surface area contributed by atoms with E-state index in [2.05, 4.69) is 23.5 Å². The summed E-state index contributed by atoms with van der Waals surface area (Å²) in [7, 11) is 0. The molecule has 0 atom stereocenters. The van der Waals surface area contributed by atoms with Crippen LogP contribution in [0.3, 0.4) is 0 Å². The van der Waals surface area contributed by atoms with Crippen molar-refractivity contribution in [1.82, 2.24) is 5.32 Å². The number of benzene rings is 1. The normalized spacial score (nSPS) is 18.2. The Morgan fingerprint density at radius 2 is 2.10 bits per heavy atom. The van der Waals surface area contributed by atoms with Gasteiger partial charge in [-0.15, -0.1) is 0 Å². The SMILES string of the molecule is N#CC1(NC(=O)Cc2coc3cc4c(cc23)CCC4)CC1. The van der Waals surface area contributed by atoms with Crippen LogP contribution in [0, 0.1) is 11.3 Å². The summed E-state index contributed by atoms with van der Waals surface area (Å²) in [6.45, 7) is 0. The molecule has 2 aromatic rings. The zero-order valence-electron chi connectivity index (χ0n) is 11.7. The molecule has 4 nitrogen and oxygen atoms in total. The van der Waals surface area contributed by atoms with Crippen LogP contribution < -0.4 is 5.32 Å². The lowest BCUT2D eigenvalue weighted by Gasteiger charge is -2.08. The lowest BCUT2D eigenvalue weighted by Crippen LogP contribution is -2.36. The number of fused-ring (bicyclic) bond motifs is 2. The standard InChI is InChI=1S/C17H16N2O2/c18-10-17(4-5-17)19-16(20)8-13-9-21-15-7-12-3-1-2-11(12)6-14(13)15/h6-7,9H,1-5,8H2,(H,19,20). The summed E-state index contributed by atoms with van der Waals surface area (Å²) in [5, 5.41) is 12.9. The van der Waals surface area contributed by atoms with Gasteiger partial charge in [0.2, 0.25) is 5.91 Å². The van der Waals surface area contributed by atoms with Crippen LogP contribution in [0.1, 0.15) is 36.0 Å². The number of furan rings is 1. The van der Waals surface area contributed by atoms with Gasteiger partial charge in [-0.1, -0.05) is 0 Å². The van der Waals surface area contributed by atoms with Crippen molar-refractivity contribution in [3.8, 4) is 6.07 Å². The third-order valence-electron chi connectivity index (χ3n) is 4.56. The van der Waals surface area contributed by atoms with Crippen molar-refractivity contribution < 1.29 is 9.21 Å². The number of rotatable bonds is 3. The predicted molar refractivity (Wildman–Crippen MR) is 77.7 cm³/mol. The van der Waals surface area contributed by atoms with E-state index in [1.54, 1.807) is 6.26 Å². The van der Waals surface area contributed by atoms with Crippen LogP contribution >= 0.6 is 0 Å². The van der Waals surface area contributed by atoms with Gasteiger partial charge in [-0.2, -0.15) is 5.26 Å². The first-order valence-corrected chi connectivity index (χ1v) is 7.43. The van der Waals surface area contributed by atoms with E-state index in [-0.39, 0.29) is 12.3 Å². The van der Waals surface area contributed by atoms with E-state index in [4.69, 9.17) is 9.68 Å². The van der Waals surface area contributed by atoms with E-state index in [0.717, 1.165) is 42.2 Å². The van der Waals surface area contributed by atoms with Gasteiger partial charge in [0.1, 0.15) is 11.1 Å². The molecule has 0 spiro atoms. The number of carbonyl (C=O) groups excluding carboxylic acids is 1. The minimum Gasteiger partial charge on any atom is -0.464 e. The molecule has 4 heteroatoms. The fraction of sp³-hybridized carbons (Fsp3) is 0.412. The smallest absolute Gasteiger partial charge is 0.225 e. The van der Waals surface area contributed by atoms with Gasteiger partial charge in [-0.05, 0) is 55.4 Å². The largest absolute Gasteiger partial charge is 0.464 e. The number of aryl methyl sites for hydroxylation is 2. The van der Waals surface area contributed by atoms with Crippen LogP contribution in [0.2, 0.25) is 0 Å². The number of carbonyl (C=O) groups is 1. The van der Waals surface area contributed by atoms with E-state index in [1.807, 2.05) is 0 Å². The fourth-order valence-electron chi connectivity index (χ4n) is 3.16. The molecule has 1 aromatic carbocycles. The second-order valence-electron chi connectivity index (χ2n) is 6.15. The summed E-state index contributed by atoms with van der Waals surface area (Å²) in [6, 6.07) is 6.45. The van der Waals surface area contributed by atoms with E-state index < -0.39 is 5.54 Å². The molecule has 0 unspecified atom stereocenters. The van der Waals surface area contributed by atoms with Gasteiger partial charge in [0.05, 0.1) is 18.8 Å². The highest BCUT2D eigenvalue weighted by Crippen LogP contribution is 2.35. The van der Waals surface area contributed by atoms with Gasteiger partial charge >= 0.3 is 0 Å². The van der Waals surface area contributed by atoms with Gasteiger partial charge in [0.15, 0.2) is 0 Å². The summed E-state index contributed by atoms with van der Waals surface area (Å²) in [6.07, 6.45) is 6.89. The molecule has 1 N–H and O–H groups in total. The van der Waals surface area contributed by atoms with E-state index >= 15 is 0 Å². The molecular formula is C17H16N2O2. The van der Waals surface area contributed by atoms with E-state index in [0.29, 0.717) is 0 Å². The summed E-state index contributed by atoms with van der Waals surface area (Å²) in [4.78, 5) is 12.1. The molecule has 1 fully saturated rings. The molecule has 1 saturated carbocycles. The number of amides is 1. The number of nitrogens with one attached hydrogen (secondary N) is 1. The average molecular weight is 280 g/mol. The third kappa shape index (κ3) is 2.09. The molecule has 0 saturated heterocycles. The highest BCUT2D eigenvalue weighted by atomic mass is 16.3. The fourth-order valence-corrected chi connectivity index (χ4v) is 3.16. The quantitative estimate of drug-likeness (QED) is 0.939. The van der Waals surface area contributed by atoms with Crippen molar-refractivity contribution in [2.75, 3.05) is 0 Å². The molecule has 21 heavy (non-hydrogen) atoms. The average Bonchev–Trinajstić information content (AvgIpc) is 2.92. The van der Waals surface area contributed by atoms with Crippen molar-refractivity contribution in [3.63, 3.8) is 0 Å². The monoisotopic (exact) mass is 280 g/mol. The Balaban J connectivity index is 1.59. The lowest BCUT2D eigenvalue weighted by molar-refractivity contribution is -0.121. The van der Waals surface area contributed by atoms with Crippen molar-refractivity contribution in [1.29, 1.82) is 5.26 Å². The molecule has 0 aliphatic heterocycles. The molecular weight excluding hydrogens is 264 g/mol. The second-order valence-corrected chi connectivity index (χ2v) is 6.15. The highest BCUT2D eigenvalue weighted by molar-refractivity contribution is 5.89. The zero-order valence-corrected chi connectivity index (χ0v) is 11.7. The lowest BCUT2D eigenvalue weighted by atomic mass is 10.0. The minimum atomic E-state index is -0.599. The first-order valence-electron chi connectivity index (χ1n) is 7.43. The van der Waals surface area contributed by atoms with Gasteiger partial charge in [0, 0.05) is 10.9 Å². The molecule has 0 radical (unpaired) electrons. The van der Waals surface area contributed by atoms with Gasteiger partial charge in [-0.25, -0.2) is 0 Å². The van der Waals surface area contributed by atoms with Crippen LogP contribution in [0.15, 0.2) is 22.8 Å². The topological polar surface area (TPSA) is 66.0 Å². The van der Waals surface area contributed by atoms with Gasteiger partial charge < -0.3 is 9.73 Å². The Labute approximate surface area is 122 Å². The third-order valence-corrected chi connectivity index (χ3v) is 4.56. The number of hydrogen-bond acceptors (Lipinski definition) is 3. The van der Waals surface area contributed by atoms with Crippen molar-refractivity contribution in [3.05, 3.63) is 35.1 Å². The maximum Gasteiger partial charge on any atom is 0.225 e. The number of nitrogens with zero attached hydrogens (tertiary/aromatic N) is 1. The van der Waals surface area contributed by atoms with Crippen LogP contribution in [0.4, 0.5) is 0 Å². The van der Waals surface area contributed by atoms with Gasteiger partial charge in [0.25, 0.3) is 0 Å². The minimum absolute atomic E-state index is 0.0998. The molecule has 106 valence electrons.